The maximum absolute atomic E-state index is 5.57. The average Bonchev–Trinajstić information content (AvgIpc) is 3.84. The largest absolute Gasteiger partial charge is 0.423 e. The van der Waals surface area contributed by atoms with Crippen molar-refractivity contribution < 1.29 is 9.15 Å². The van der Waals surface area contributed by atoms with Crippen LogP contribution in [0.25, 0.3) is 28.5 Å². The molecule has 1 unspecified atom stereocenters. The van der Waals surface area contributed by atoms with Gasteiger partial charge in [0.25, 0.3) is 17.5 Å². The first-order chi connectivity index (χ1) is 23.7. The third-order valence-electron chi connectivity index (χ3n) is 10.6. The summed E-state index contributed by atoms with van der Waals surface area (Å²) in [7, 11) is 0. The molecule has 6 aliphatic heterocycles. The van der Waals surface area contributed by atoms with Gasteiger partial charge in [0.1, 0.15) is 0 Å². The number of aliphatic imine (C=N–C) groups is 2. The highest BCUT2D eigenvalue weighted by Crippen LogP contribution is 2.53. The molecule has 6 aromatic rings. The number of rotatable bonds is 3. The lowest BCUT2D eigenvalue weighted by molar-refractivity contribution is -0.789. The van der Waals surface area contributed by atoms with Crippen LogP contribution in [0.1, 0.15) is 38.9 Å². The van der Waals surface area contributed by atoms with Gasteiger partial charge in [0.05, 0.1) is 33.2 Å². The smallest absolute Gasteiger partial charge is 0.216 e. The van der Waals surface area contributed by atoms with Crippen LogP contribution in [0.3, 0.4) is 0 Å². The molecule has 7 nitrogen and oxygen atoms in total. The fourth-order valence-corrected chi connectivity index (χ4v) is 9.14. The lowest BCUT2D eigenvalue weighted by Gasteiger charge is -2.41. The van der Waals surface area contributed by atoms with Crippen molar-refractivity contribution in [2.75, 3.05) is 0 Å². The highest BCUT2D eigenvalue weighted by atomic mass is 79.9. The van der Waals surface area contributed by atoms with E-state index in [0.29, 0.717) is 0 Å². The number of hydrogen-bond acceptors (Lipinski definition) is 3. The van der Waals surface area contributed by atoms with Crippen molar-refractivity contribution in [2.45, 2.75) is 5.91 Å². The highest BCUT2D eigenvalue weighted by Gasteiger charge is 2.70. The molecule has 1 atom stereocenters. The van der Waals surface area contributed by atoms with E-state index < -0.39 is 5.91 Å². The van der Waals surface area contributed by atoms with Gasteiger partial charge >= 0.3 is 11.7 Å². The molecule has 0 bridgehead atoms. The summed E-state index contributed by atoms with van der Waals surface area (Å²) in [5.74, 6) is 3.22. The van der Waals surface area contributed by atoms with E-state index in [1.165, 1.54) is 0 Å². The van der Waals surface area contributed by atoms with Crippen LogP contribution in [-0.2, 0) is 5.91 Å². The van der Waals surface area contributed by atoms with Gasteiger partial charge in [0.15, 0.2) is 5.71 Å². The standard InChI is InChI=1S/C40H22BrN7/c1-3-23-24(4-2)35-43-38-29-15-9-10-16-30(29)39-44-37-28-14-8-6-12-26(28)33-31(21-17-19-22(41)20-18-21)32-25-11-5-7-13-27(25)36-42-34(23)47(35)40(45(32)36,46(33)37)48(38)39/h3-20H,1-2H2/q+2. The minimum atomic E-state index is -1.01. The first-order valence-corrected chi connectivity index (χ1v) is 16.7. The van der Waals surface area contributed by atoms with E-state index in [1.54, 1.807) is 0 Å². The normalized spacial score (nSPS) is 19.4. The summed E-state index contributed by atoms with van der Waals surface area (Å²) in [6.07, 6.45) is 3.79. The van der Waals surface area contributed by atoms with Gasteiger partial charge in [0.2, 0.25) is 11.3 Å². The number of fused-ring (bicyclic) bond motifs is 9. The summed E-state index contributed by atoms with van der Waals surface area (Å²) < 4.78 is 10.6. The molecule has 2 aromatic heterocycles. The molecule has 6 aliphatic rings. The van der Waals surface area contributed by atoms with Crippen LogP contribution in [0.15, 0.2) is 130 Å². The van der Waals surface area contributed by atoms with E-state index in [1.807, 2.05) is 12.2 Å². The number of halogens is 1. The second-order valence-corrected chi connectivity index (χ2v) is 13.6. The van der Waals surface area contributed by atoms with Crippen LogP contribution >= 0.6 is 15.9 Å². The van der Waals surface area contributed by atoms with E-state index in [9.17, 15) is 0 Å². The maximum Gasteiger partial charge on any atom is 0.423 e. The average molecular weight is 681 g/mol. The summed E-state index contributed by atoms with van der Waals surface area (Å²) in [6, 6.07) is 34.5. The van der Waals surface area contributed by atoms with Gasteiger partial charge < -0.3 is 0 Å². The summed E-state index contributed by atoms with van der Waals surface area (Å²) in [6.45, 7) is 8.54. The quantitative estimate of drug-likeness (QED) is 0.200. The Morgan fingerprint density at radius 2 is 1.21 bits per heavy atom. The molecule has 0 N–H and O–H groups in total. The van der Waals surface area contributed by atoms with E-state index in [4.69, 9.17) is 15.0 Å². The number of amidine groups is 3. The molecule has 48 heavy (non-hydrogen) atoms. The summed E-state index contributed by atoms with van der Waals surface area (Å²) in [5.41, 5.74) is 10.4. The van der Waals surface area contributed by atoms with Crippen molar-refractivity contribution in [1.82, 2.24) is 9.13 Å². The van der Waals surface area contributed by atoms with Gasteiger partial charge in [-0.05, 0) is 53.0 Å². The molecule has 12 rings (SSSR count). The van der Waals surface area contributed by atoms with E-state index >= 15 is 0 Å². The molecule has 0 saturated heterocycles. The predicted octanol–water partition coefficient (Wildman–Crippen LogP) is 6.22. The van der Waals surface area contributed by atoms with Crippen LogP contribution in [0.4, 0.5) is 11.6 Å². The van der Waals surface area contributed by atoms with Crippen molar-refractivity contribution in [1.29, 1.82) is 0 Å². The first kappa shape index (κ1) is 25.1. The van der Waals surface area contributed by atoms with E-state index in [0.717, 1.165) is 105 Å². The lowest BCUT2D eigenvalue weighted by Crippen LogP contribution is -2.72. The third-order valence-corrected chi connectivity index (χ3v) is 11.1. The number of aromatic nitrogens is 2. The fourth-order valence-electron chi connectivity index (χ4n) is 8.87. The van der Waals surface area contributed by atoms with Gasteiger partial charge in [-0.2, -0.15) is 4.57 Å². The van der Waals surface area contributed by atoms with Crippen molar-refractivity contribution >= 4 is 79.3 Å². The Morgan fingerprint density at radius 1 is 0.625 bits per heavy atom. The molecule has 0 fully saturated rings. The molecule has 8 heteroatoms. The van der Waals surface area contributed by atoms with Crippen molar-refractivity contribution in [3.8, 4) is 0 Å². The first-order valence-electron chi connectivity index (χ1n) is 15.9. The minimum absolute atomic E-state index is 0.805. The van der Waals surface area contributed by atoms with Crippen LogP contribution in [-0.4, -0.2) is 41.5 Å². The van der Waals surface area contributed by atoms with Crippen LogP contribution < -0.4 is 10.8 Å². The second-order valence-electron chi connectivity index (χ2n) is 12.7. The Balaban J connectivity index is 1.44. The molecule has 0 saturated carbocycles. The Hall–Kier alpha value is -5.99. The van der Waals surface area contributed by atoms with Crippen LogP contribution in [0, 0.1) is 0 Å². The van der Waals surface area contributed by atoms with E-state index in [-0.39, 0.29) is 0 Å². The van der Waals surface area contributed by atoms with Crippen LogP contribution in [0.5, 0.6) is 0 Å². The van der Waals surface area contributed by atoms with E-state index in [2.05, 4.69) is 144 Å². The van der Waals surface area contributed by atoms with Crippen LogP contribution in [0.2, 0.25) is 0 Å². The number of hydrogen-bond donors (Lipinski definition) is 0. The molecule has 222 valence electrons. The van der Waals surface area contributed by atoms with Crippen molar-refractivity contribution in [3.63, 3.8) is 0 Å². The SMILES string of the molecule is C=Cc1c(C=C)c2n3c1N=C1c4ccccc4C4=[N+]1C31n3c(c5ccccc5c3=C(c3ccc(Br)cc3)C3=[N+]1C(=N2)c1ccccc13)=N4. The number of benzene rings is 4. The van der Waals surface area contributed by atoms with Gasteiger partial charge in [-0.1, -0.05) is 106 Å². The Bertz CT molecular complexity index is 2900. The molecule has 0 amide bonds. The maximum atomic E-state index is 5.57. The summed E-state index contributed by atoms with van der Waals surface area (Å²) >= 11 is 3.69. The monoisotopic (exact) mass is 679 g/mol. The summed E-state index contributed by atoms with van der Waals surface area (Å²) in [5, 5.41) is 3.35. The molecule has 0 aliphatic carbocycles. The molecule has 8 heterocycles. The Morgan fingerprint density at radius 3 is 1.90 bits per heavy atom. The van der Waals surface area contributed by atoms with Crippen molar-refractivity contribution in [2.24, 2.45) is 15.0 Å². The Kier molecular flexibility index (Phi) is 4.24. The molecular weight excluding hydrogens is 658 g/mol. The lowest BCUT2D eigenvalue weighted by atomic mass is 9.93. The molecule has 1 spiro atoms. The van der Waals surface area contributed by atoms with Gasteiger partial charge in [0, 0.05) is 26.4 Å². The van der Waals surface area contributed by atoms with Gasteiger partial charge in [-0.3, -0.25) is 0 Å². The highest BCUT2D eigenvalue weighted by molar-refractivity contribution is 9.10. The fraction of sp³-hybridized carbons (Fsp3) is 0.0250. The van der Waals surface area contributed by atoms with Gasteiger partial charge in [-0.25, -0.2) is 4.57 Å². The Labute approximate surface area is 281 Å². The predicted molar refractivity (Wildman–Crippen MR) is 191 cm³/mol. The zero-order valence-electron chi connectivity index (χ0n) is 25.3. The molecule has 0 radical (unpaired) electrons. The summed E-state index contributed by atoms with van der Waals surface area (Å²) in [4.78, 5) is 16.6. The zero-order chi connectivity index (χ0) is 31.6. The molecule has 4 aromatic carbocycles. The zero-order valence-corrected chi connectivity index (χ0v) is 26.9. The second kappa shape index (κ2) is 8.10. The van der Waals surface area contributed by atoms with Crippen molar-refractivity contribution in [3.05, 3.63) is 164 Å². The minimum Gasteiger partial charge on any atom is -0.216 e. The molecular formula is C40H22BrN7+2. The third kappa shape index (κ3) is 2.47. The van der Waals surface area contributed by atoms with Gasteiger partial charge in [-0.15, -0.1) is 9.15 Å². The number of nitrogens with zero attached hydrogens (tertiary/aromatic N) is 7. The topological polar surface area (TPSA) is 53.0 Å².